The number of alkyl halides is 3. The number of thiocyanates is 1. The molecule has 1 aliphatic rings. The molecule has 0 bridgehead atoms. The fourth-order valence-corrected chi connectivity index (χ4v) is 7.78. The molecule has 2 N–H and O–H groups in total. The molecular formula is C49H61AlF3LiN4O7S3. The number of hydrogen-bond donors (Lipinski definition) is 3. The van der Waals surface area contributed by atoms with Gasteiger partial charge in [0.2, 0.25) is 0 Å². The van der Waals surface area contributed by atoms with Crippen molar-refractivity contribution < 1.29 is 62.7 Å². The molecule has 0 amide bonds. The van der Waals surface area contributed by atoms with E-state index in [1.807, 2.05) is 67.8 Å². The molecule has 1 aromatic heterocycles. The van der Waals surface area contributed by atoms with Gasteiger partial charge in [0.1, 0.15) is 22.6 Å². The minimum atomic E-state index is -4.48. The standard InChI is InChI=1S/C28H26F3N3O4S.C8H7NOS.C7H8OS.C4H8O.2CH4.Al.Li.4H/c1-4-37-24(35)17-38-23-15-14-22(16-18(23)2)39-25(19-8-6-5-7-9-19)26-32-34(27(36)33(26)3)21-12-10-20(11-13-21)28(29,30)31;1-6-4-7(11-5-9)2-3-8(6)10;1-5-4-6(9)2-3-7(5)8;1-2-4-5-3-1;;;;;;;;/h5-16,25H,4,17H2,1-3H3;2-4,10H,1H3;2-4,8-9H,1H3;1-4H2;2*1H4;;;;;;/q;;;;;;;+1;;;;-1. The van der Waals surface area contributed by atoms with Crippen molar-refractivity contribution in [1.82, 2.24) is 14.3 Å². The SMILES string of the molecule is C.C.C1CCOC1.CCOC(=O)COc1ccc(SC(c2ccccc2)c2nn(-c3ccc(C(F)(F)F)cc3)c(=O)n2C)cc1C.Cc1cc(S)ccc1O.Cc1cc(SC#N)ccc1O.[AlH3].[H-].[Li+]. The Morgan fingerprint density at radius 3 is 1.97 bits per heavy atom. The zero-order chi connectivity index (χ0) is 46.8. The van der Waals surface area contributed by atoms with Gasteiger partial charge in [-0.2, -0.15) is 23.1 Å². The summed E-state index contributed by atoms with van der Waals surface area (Å²) in [6.45, 7) is 9.30. The quantitative estimate of drug-likeness (QED) is 0.0404. The van der Waals surface area contributed by atoms with Crippen molar-refractivity contribution in [3.8, 4) is 28.3 Å². The molecule has 362 valence electrons. The molecule has 6 aromatic rings. The Bertz CT molecular complexity index is 2560. The van der Waals surface area contributed by atoms with Crippen LogP contribution in [0.15, 0.2) is 129 Å². The number of rotatable bonds is 10. The van der Waals surface area contributed by atoms with Gasteiger partial charge in [-0.3, -0.25) is 4.57 Å². The predicted molar refractivity (Wildman–Crippen MR) is 270 cm³/mol. The van der Waals surface area contributed by atoms with Crippen LogP contribution in [0.4, 0.5) is 13.2 Å². The van der Waals surface area contributed by atoms with E-state index in [2.05, 4.69) is 17.7 Å². The second-order valence-electron chi connectivity index (χ2n) is 14.0. The molecule has 1 unspecified atom stereocenters. The Labute approximate surface area is 435 Å². The number of aryl methyl sites for hydroxylation is 3. The number of phenols is 2. The molecular weight excluding hydrogens is 944 g/mol. The number of thiol groups is 1. The van der Waals surface area contributed by atoms with E-state index >= 15 is 0 Å². The van der Waals surface area contributed by atoms with E-state index in [9.17, 15) is 22.8 Å². The molecule has 7 rings (SSSR count). The largest absolute Gasteiger partial charge is 1.00 e. The molecule has 68 heavy (non-hydrogen) atoms. The summed E-state index contributed by atoms with van der Waals surface area (Å²) in [4.78, 5) is 27.4. The number of halogens is 3. The maximum Gasteiger partial charge on any atom is 1.00 e. The maximum absolute atomic E-state index is 13.1. The van der Waals surface area contributed by atoms with Crippen molar-refractivity contribution in [2.24, 2.45) is 7.05 Å². The molecule has 0 radical (unpaired) electrons. The van der Waals surface area contributed by atoms with Crippen LogP contribution in [0, 0.1) is 31.4 Å². The zero-order valence-corrected chi connectivity index (χ0v) is 39.4. The Balaban J connectivity index is 0. The van der Waals surface area contributed by atoms with Gasteiger partial charge in [0.15, 0.2) is 29.8 Å². The summed E-state index contributed by atoms with van der Waals surface area (Å²) in [5.41, 5.74) is 2.29. The van der Waals surface area contributed by atoms with E-state index in [0.717, 1.165) is 78.7 Å². The third kappa shape index (κ3) is 19.7. The van der Waals surface area contributed by atoms with Crippen molar-refractivity contribution in [3.05, 3.63) is 153 Å². The third-order valence-corrected chi connectivity index (χ3v) is 11.3. The first-order valence-electron chi connectivity index (χ1n) is 19.9. The summed E-state index contributed by atoms with van der Waals surface area (Å²) in [5, 5.41) is 32.6. The number of carbonyl (C=O) groups is 1. The second-order valence-corrected chi connectivity index (χ2v) is 16.6. The van der Waals surface area contributed by atoms with Crippen molar-refractivity contribution >= 4 is 59.5 Å². The zero-order valence-electron chi connectivity index (χ0n) is 37.8. The number of nitrogens with zero attached hydrogens (tertiary/aromatic N) is 4. The van der Waals surface area contributed by atoms with Gasteiger partial charge in [0, 0.05) is 34.9 Å². The van der Waals surface area contributed by atoms with Gasteiger partial charge in [0.05, 0.1) is 23.1 Å². The minimum absolute atomic E-state index is 0. The summed E-state index contributed by atoms with van der Waals surface area (Å²) in [5.74, 6) is 1.11. The number of benzene rings is 5. The first-order valence-corrected chi connectivity index (χ1v) is 22.0. The molecule has 0 saturated carbocycles. The Morgan fingerprint density at radius 1 is 0.897 bits per heavy atom. The molecule has 0 spiro atoms. The summed E-state index contributed by atoms with van der Waals surface area (Å²) < 4.78 is 57.0. The first kappa shape index (κ1) is 63.3. The van der Waals surface area contributed by atoms with Crippen LogP contribution in [-0.4, -0.2) is 74.3 Å². The Kier molecular flexibility index (Phi) is 29.3. The molecule has 1 atom stereocenters. The second kappa shape index (κ2) is 31.5. The van der Waals surface area contributed by atoms with Crippen LogP contribution in [-0.2, 0) is 27.5 Å². The van der Waals surface area contributed by atoms with Crippen molar-refractivity contribution in [1.29, 1.82) is 5.26 Å². The summed E-state index contributed by atoms with van der Waals surface area (Å²) in [6, 6.07) is 29.6. The van der Waals surface area contributed by atoms with E-state index in [-0.39, 0.29) is 77.2 Å². The number of esters is 1. The number of nitriles is 1. The van der Waals surface area contributed by atoms with Crippen molar-refractivity contribution in [2.75, 3.05) is 26.4 Å². The molecule has 19 heteroatoms. The minimum Gasteiger partial charge on any atom is -1.00 e. The third-order valence-electron chi connectivity index (χ3n) is 9.18. The van der Waals surface area contributed by atoms with Gasteiger partial charge in [0.25, 0.3) is 0 Å². The monoisotopic (exact) mass is 1000 g/mol. The van der Waals surface area contributed by atoms with Gasteiger partial charge in [-0.15, -0.1) is 29.5 Å². The summed E-state index contributed by atoms with van der Waals surface area (Å²) >= 11 is 6.64. The topological polar surface area (TPSA) is 149 Å². The predicted octanol–water partition coefficient (Wildman–Crippen LogP) is 7.99. The van der Waals surface area contributed by atoms with Crippen molar-refractivity contribution in [2.45, 2.75) is 81.5 Å². The summed E-state index contributed by atoms with van der Waals surface area (Å²) in [7, 11) is 1.58. The van der Waals surface area contributed by atoms with Crippen LogP contribution in [0.3, 0.4) is 0 Å². The van der Waals surface area contributed by atoms with Crippen LogP contribution >= 0.6 is 36.2 Å². The van der Waals surface area contributed by atoms with Crippen LogP contribution in [0.2, 0.25) is 0 Å². The Morgan fingerprint density at radius 2 is 1.47 bits per heavy atom. The van der Waals surface area contributed by atoms with E-state index in [1.165, 1.54) is 41.3 Å². The Hall–Kier alpha value is -4.67. The van der Waals surface area contributed by atoms with Gasteiger partial charge in [-0.1, -0.05) is 45.2 Å². The number of aromatic hydroxyl groups is 2. The van der Waals surface area contributed by atoms with Crippen LogP contribution < -0.4 is 29.3 Å². The van der Waals surface area contributed by atoms with Gasteiger partial charge >= 0.3 is 36.7 Å². The fraction of sp³-hybridized carbons (Fsp3) is 0.306. The average Bonchev–Trinajstić information content (AvgIpc) is 3.96. The normalized spacial score (nSPS) is 11.5. The molecule has 11 nitrogen and oxygen atoms in total. The molecule has 5 aromatic carbocycles. The number of ether oxygens (including phenoxy) is 3. The smallest absolute Gasteiger partial charge is 1.00 e. The van der Waals surface area contributed by atoms with Crippen LogP contribution in [0.5, 0.6) is 17.2 Å². The molecule has 0 aliphatic carbocycles. The molecule has 1 aliphatic heterocycles. The van der Waals surface area contributed by atoms with Gasteiger partial charge < -0.3 is 25.9 Å². The van der Waals surface area contributed by atoms with Gasteiger partial charge in [-0.05, 0) is 153 Å². The van der Waals surface area contributed by atoms with E-state index < -0.39 is 28.6 Å². The van der Waals surface area contributed by atoms with Crippen molar-refractivity contribution in [3.63, 3.8) is 0 Å². The molecule has 1 saturated heterocycles. The number of hydrogen-bond acceptors (Lipinski definition) is 12. The van der Waals surface area contributed by atoms with E-state index in [4.69, 9.17) is 29.7 Å². The molecule has 1 fully saturated rings. The number of thioether (sulfide) groups is 2. The average molecular weight is 1010 g/mol. The molecule has 2 heterocycles. The van der Waals surface area contributed by atoms with Gasteiger partial charge in [-0.25, -0.2) is 9.59 Å². The number of aromatic nitrogens is 3. The van der Waals surface area contributed by atoms with E-state index in [0.29, 0.717) is 17.3 Å². The van der Waals surface area contributed by atoms with Crippen LogP contribution in [0.25, 0.3) is 5.69 Å². The first-order chi connectivity index (χ1) is 30.5. The fourth-order valence-electron chi connectivity index (χ4n) is 5.76. The van der Waals surface area contributed by atoms with E-state index in [1.54, 1.807) is 57.3 Å². The summed E-state index contributed by atoms with van der Waals surface area (Å²) in [6.07, 6.45) is -1.93. The maximum atomic E-state index is 13.1. The number of carbonyl (C=O) groups excluding carboxylic acids is 1. The van der Waals surface area contributed by atoms with Crippen LogP contribution in [0.1, 0.15) is 74.9 Å². The number of phenolic OH excluding ortho intramolecular Hbond substituents is 2.